The molecule has 4 rings (SSSR count). The Hall–Kier alpha value is -3.35. The standard InChI is InChI=1S/C18H16N4O3/c23-18(13-5-7-14(8-6-13)22-12-19-11-21-22)20-9-15-10-24-16-3-1-2-4-17(16)25-15/h1-8,11-12,15H,9-10H2,(H,20,23)/t15-/m0/s1. The van der Waals surface area contributed by atoms with E-state index in [1.807, 2.05) is 36.4 Å². The minimum Gasteiger partial charge on any atom is -0.486 e. The molecule has 7 nitrogen and oxygen atoms in total. The van der Waals surface area contributed by atoms with Gasteiger partial charge in [-0.05, 0) is 36.4 Å². The fraction of sp³-hybridized carbons (Fsp3) is 0.167. The molecule has 0 radical (unpaired) electrons. The van der Waals surface area contributed by atoms with Crippen LogP contribution in [0.25, 0.3) is 5.69 Å². The summed E-state index contributed by atoms with van der Waals surface area (Å²) < 4.78 is 13.1. The van der Waals surface area contributed by atoms with Gasteiger partial charge in [0.05, 0.1) is 12.2 Å². The first kappa shape index (κ1) is 15.2. The number of nitrogens with one attached hydrogen (secondary N) is 1. The third-order valence-electron chi connectivity index (χ3n) is 3.87. The Kier molecular flexibility index (Phi) is 4.04. The average Bonchev–Trinajstić information content (AvgIpc) is 3.21. The third-order valence-corrected chi connectivity index (χ3v) is 3.87. The molecular formula is C18H16N4O3. The quantitative estimate of drug-likeness (QED) is 0.786. The van der Waals surface area contributed by atoms with Crippen LogP contribution < -0.4 is 14.8 Å². The number of carbonyl (C=O) groups excluding carboxylic acids is 1. The monoisotopic (exact) mass is 336 g/mol. The lowest BCUT2D eigenvalue weighted by atomic mass is 10.2. The zero-order valence-corrected chi connectivity index (χ0v) is 13.3. The van der Waals surface area contributed by atoms with E-state index in [0.29, 0.717) is 24.5 Å². The topological polar surface area (TPSA) is 78.3 Å². The largest absolute Gasteiger partial charge is 0.486 e. The summed E-state index contributed by atoms with van der Waals surface area (Å²) >= 11 is 0. The molecule has 3 aromatic rings. The highest BCUT2D eigenvalue weighted by atomic mass is 16.6. The highest BCUT2D eigenvalue weighted by molar-refractivity contribution is 5.94. The van der Waals surface area contributed by atoms with Gasteiger partial charge >= 0.3 is 0 Å². The maximum absolute atomic E-state index is 12.3. The van der Waals surface area contributed by atoms with Gasteiger partial charge < -0.3 is 14.8 Å². The van der Waals surface area contributed by atoms with Crippen molar-refractivity contribution in [3.63, 3.8) is 0 Å². The molecule has 1 aliphatic heterocycles. The van der Waals surface area contributed by atoms with Gasteiger partial charge in [-0.25, -0.2) is 9.67 Å². The first-order valence-electron chi connectivity index (χ1n) is 7.91. The van der Waals surface area contributed by atoms with Crippen molar-refractivity contribution >= 4 is 5.91 Å². The van der Waals surface area contributed by atoms with Gasteiger partial charge in [0.25, 0.3) is 5.91 Å². The number of para-hydroxylation sites is 2. The average molecular weight is 336 g/mol. The molecule has 0 unspecified atom stereocenters. The maximum Gasteiger partial charge on any atom is 0.251 e. The van der Waals surface area contributed by atoms with E-state index in [1.54, 1.807) is 23.1 Å². The summed E-state index contributed by atoms with van der Waals surface area (Å²) in [5.74, 6) is 1.27. The second-order valence-electron chi connectivity index (χ2n) is 5.59. The summed E-state index contributed by atoms with van der Waals surface area (Å²) in [6.45, 7) is 0.778. The molecule has 7 heteroatoms. The molecule has 2 aromatic carbocycles. The first-order chi connectivity index (χ1) is 12.3. The summed E-state index contributed by atoms with van der Waals surface area (Å²) in [5, 5.41) is 6.93. The molecule has 1 aliphatic rings. The Morgan fingerprint density at radius 2 is 1.96 bits per heavy atom. The number of fused-ring (bicyclic) bond motifs is 1. The number of hydrogen-bond acceptors (Lipinski definition) is 5. The lowest BCUT2D eigenvalue weighted by molar-refractivity contribution is 0.0789. The minimum absolute atomic E-state index is 0.160. The molecule has 126 valence electrons. The maximum atomic E-state index is 12.3. The second kappa shape index (κ2) is 6.64. The summed E-state index contributed by atoms with van der Waals surface area (Å²) in [7, 11) is 0. The fourth-order valence-electron chi connectivity index (χ4n) is 2.58. The van der Waals surface area contributed by atoms with Gasteiger partial charge in [-0.3, -0.25) is 4.79 Å². The van der Waals surface area contributed by atoms with Gasteiger partial charge in [0.1, 0.15) is 25.4 Å². The van der Waals surface area contributed by atoms with E-state index in [9.17, 15) is 4.79 Å². The smallest absolute Gasteiger partial charge is 0.251 e. The number of benzene rings is 2. The molecular weight excluding hydrogens is 320 g/mol. The third kappa shape index (κ3) is 3.30. The van der Waals surface area contributed by atoms with Crippen molar-refractivity contribution in [2.24, 2.45) is 0 Å². The SMILES string of the molecule is O=C(NC[C@H]1COc2ccccc2O1)c1ccc(-n2cncn2)cc1. The van der Waals surface area contributed by atoms with Crippen molar-refractivity contribution < 1.29 is 14.3 Å². The molecule has 0 bridgehead atoms. The van der Waals surface area contributed by atoms with Crippen molar-refractivity contribution in [1.82, 2.24) is 20.1 Å². The molecule has 1 aromatic heterocycles. The van der Waals surface area contributed by atoms with E-state index in [-0.39, 0.29) is 12.0 Å². The molecule has 0 saturated carbocycles. The number of hydrogen-bond donors (Lipinski definition) is 1. The van der Waals surface area contributed by atoms with Crippen molar-refractivity contribution in [2.75, 3.05) is 13.2 Å². The lowest BCUT2D eigenvalue weighted by Crippen LogP contribution is -2.40. The Balaban J connectivity index is 1.35. The van der Waals surface area contributed by atoms with Crippen LogP contribution in [0.15, 0.2) is 61.2 Å². The summed E-state index contributed by atoms with van der Waals surface area (Å²) in [6, 6.07) is 14.6. The van der Waals surface area contributed by atoms with Crippen molar-refractivity contribution in [1.29, 1.82) is 0 Å². The van der Waals surface area contributed by atoms with Crippen LogP contribution in [0.1, 0.15) is 10.4 Å². The number of aromatic nitrogens is 3. The Morgan fingerprint density at radius 3 is 2.72 bits per heavy atom. The minimum atomic E-state index is -0.215. The van der Waals surface area contributed by atoms with Crippen LogP contribution in [0.3, 0.4) is 0 Å². The molecule has 1 N–H and O–H groups in total. The highest BCUT2D eigenvalue weighted by Crippen LogP contribution is 2.30. The van der Waals surface area contributed by atoms with Gasteiger partial charge in [-0.15, -0.1) is 0 Å². The number of carbonyl (C=O) groups is 1. The predicted octanol–water partition coefficient (Wildman–Crippen LogP) is 1.84. The van der Waals surface area contributed by atoms with E-state index in [0.717, 1.165) is 11.4 Å². The Bertz CT molecular complexity index is 862. The van der Waals surface area contributed by atoms with E-state index < -0.39 is 0 Å². The summed E-state index contributed by atoms with van der Waals surface area (Å²) in [4.78, 5) is 16.2. The fourth-order valence-corrected chi connectivity index (χ4v) is 2.58. The van der Waals surface area contributed by atoms with Crippen molar-refractivity contribution in [2.45, 2.75) is 6.10 Å². The molecule has 0 saturated heterocycles. The predicted molar refractivity (Wildman–Crippen MR) is 90.0 cm³/mol. The van der Waals surface area contributed by atoms with E-state index in [4.69, 9.17) is 9.47 Å². The van der Waals surface area contributed by atoms with Crippen molar-refractivity contribution in [3.05, 3.63) is 66.7 Å². The highest BCUT2D eigenvalue weighted by Gasteiger charge is 2.21. The van der Waals surface area contributed by atoms with Gasteiger partial charge in [0, 0.05) is 5.56 Å². The van der Waals surface area contributed by atoms with Crippen LogP contribution in [0.5, 0.6) is 11.5 Å². The number of amides is 1. The van der Waals surface area contributed by atoms with Crippen molar-refractivity contribution in [3.8, 4) is 17.2 Å². The number of nitrogens with zero attached hydrogens (tertiary/aromatic N) is 3. The molecule has 1 amide bonds. The van der Waals surface area contributed by atoms with Crippen LogP contribution in [-0.4, -0.2) is 39.9 Å². The summed E-state index contributed by atoms with van der Waals surface area (Å²) in [5.41, 5.74) is 1.41. The van der Waals surface area contributed by atoms with Gasteiger partial charge in [-0.2, -0.15) is 5.10 Å². The lowest BCUT2D eigenvalue weighted by Gasteiger charge is -2.26. The van der Waals surface area contributed by atoms with Gasteiger partial charge in [0.15, 0.2) is 11.5 Å². The second-order valence-corrected chi connectivity index (χ2v) is 5.59. The van der Waals surface area contributed by atoms with Crippen LogP contribution in [0, 0.1) is 0 Å². The zero-order chi connectivity index (χ0) is 17.1. The van der Waals surface area contributed by atoms with E-state index in [2.05, 4.69) is 15.4 Å². The normalized spacial score (nSPS) is 15.6. The van der Waals surface area contributed by atoms with Crippen LogP contribution in [0.4, 0.5) is 0 Å². The zero-order valence-electron chi connectivity index (χ0n) is 13.3. The summed E-state index contributed by atoms with van der Waals surface area (Å²) in [6.07, 6.45) is 2.85. The Labute approximate surface area is 144 Å². The molecule has 0 spiro atoms. The molecule has 2 heterocycles. The first-order valence-corrected chi connectivity index (χ1v) is 7.91. The molecule has 0 aliphatic carbocycles. The van der Waals surface area contributed by atoms with Gasteiger partial charge in [-0.1, -0.05) is 12.1 Å². The van der Waals surface area contributed by atoms with Crippen LogP contribution in [0.2, 0.25) is 0 Å². The molecule has 0 fully saturated rings. The van der Waals surface area contributed by atoms with Gasteiger partial charge in [0.2, 0.25) is 0 Å². The number of ether oxygens (including phenoxy) is 2. The molecule has 1 atom stereocenters. The van der Waals surface area contributed by atoms with Crippen LogP contribution in [-0.2, 0) is 0 Å². The molecule has 25 heavy (non-hydrogen) atoms. The van der Waals surface area contributed by atoms with Crippen LogP contribution >= 0.6 is 0 Å². The number of rotatable bonds is 4. The Morgan fingerprint density at radius 1 is 1.16 bits per heavy atom. The van der Waals surface area contributed by atoms with E-state index >= 15 is 0 Å². The van der Waals surface area contributed by atoms with E-state index in [1.165, 1.54) is 6.33 Å².